The van der Waals surface area contributed by atoms with Crippen molar-refractivity contribution in [3.8, 4) is 10.6 Å². The third-order valence-corrected chi connectivity index (χ3v) is 5.51. The number of fused-ring (bicyclic) bond motifs is 1. The van der Waals surface area contributed by atoms with E-state index in [9.17, 15) is 0 Å². The minimum Gasteiger partial charge on any atom is -0.241 e. The largest absolute Gasteiger partial charge is 0.241 e. The molecule has 3 rings (SSSR count). The summed E-state index contributed by atoms with van der Waals surface area (Å²) in [6, 6.07) is 6.81. The van der Waals surface area contributed by atoms with Gasteiger partial charge in [-0.05, 0) is 50.1 Å². The maximum Gasteiger partial charge on any atom is 0.123 e. The molecule has 0 aliphatic carbocycles. The first-order valence-corrected chi connectivity index (χ1v) is 7.74. The molecule has 0 amide bonds. The molecule has 3 heteroatoms. The number of nitrogens with zero attached hydrogens (tertiary/aromatic N) is 1. The Balaban J connectivity index is 2.03. The molecule has 0 unspecified atom stereocenters. The second kappa shape index (κ2) is 4.46. The summed E-state index contributed by atoms with van der Waals surface area (Å²) in [5, 5.41) is 1.17. The van der Waals surface area contributed by atoms with E-state index in [2.05, 4.69) is 37.0 Å². The molecule has 1 aromatic heterocycles. The van der Waals surface area contributed by atoms with Crippen LogP contribution in [-0.4, -0.2) is 10.7 Å². The lowest BCUT2D eigenvalue weighted by Crippen LogP contribution is -1.98. The van der Waals surface area contributed by atoms with Gasteiger partial charge in [0.05, 0.1) is 5.69 Å². The Labute approximate surface area is 110 Å². The molecule has 0 saturated heterocycles. The van der Waals surface area contributed by atoms with Crippen molar-refractivity contribution in [2.24, 2.45) is 0 Å². The van der Waals surface area contributed by atoms with Crippen LogP contribution in [0.1, 0.15) is 22.6 Å². The van der Waals surface area contributed by atoms with Crippen molar-refractivity contribution < 1.29 is 0 Å². The molecule has 1 nitrogen and oxygen atoms in total. The molecule has 0 N–H and O–H groups in total. The average molecular weight is 261 g/mol. The summed E-state index contributed by atoms with van der Waals surface area (Å²) in [4.78, 5) is 7.43. The van der Waals surface area contributed by atoms with Crippen molar-refractivity contribution in [2.45, 2.75) is 31.6 Å². The number of hydrogen-bond donors (Lipinski definition) is 0. The van der Waals surface area contributed by atoms with Crippen LogP contribution in [0.2, 0.25) is 0 Å². The van der Waals surface area contributed by atoms with Crippen LogP contribution >= 0.6 is 23.1 Å². The SMILES string of the molecule is Cc1nc(-c2ccc3c(c2)CCCS3)sc1C. The summed E-state index contributed by atoms with van der Waals surface area (Å²) >= 11 is 3.78. The van der Waals surface area contributed by atoms with Gasteiger partial charge >= 0.3 is 0 Å². The zero-order chi connectivity index (χ0) is 11.8. The van der Waals surface area contributed by atoms with Crippen LogP contribution in [0, 0.1) is 13.8 Å². The fourth-order valence-electron chi connectivity index (χ4n) is 2.09. The number of thiazole rings is 1. The summed E-state index contributed by atoms with van der Waals surface area (Å²) in [5.41, 5.74) is 3.95. The number of rotatable bonds is 1. The third-order valence-electron chi connectivity index (χ3n) is 3.18. The smallest absolute Gasteiger partial charge is 0.123 e. The fourth-order valence-corrected chi connectivity index (χ4v) is 4.02. The second-order valence-corrected chi connectivity index (χ2v) is 6.78. The molecule has 88 valence electrons. The first kappa shape index (κ1) is 11.3. The molecule has 0 saturated carbocycles. The second-order valence-electron chi connectivity index (χ2n) is 4.44. The maximum atomic E-state index is 4.64. The maximum absolute atomic E-state index is 4.64. The van der Waals surface area contributed by atoms with Gasteiger partial charge in [0.15, 0.2) is 0 Å². The highest BCUT2D eigenvalue weighted by Crippen LogP contribution is 2.34. The van der Waals surface area contributed by atoms with Crippen LogP contribution in [-0.2, 0) is 6.42 Å². The van der Waals surface area contributed by atoms with Gasteiger partial charge in [0, 0.05) is 15.3 Å². The first-order chi connectivity index (χ1) is 8.24. The van der Waals surface area contributed by atoms with E-state index in [-0.39, 0.29) is 0 Å². The Kier molecular flexibility index (Phi) is 2.97. The van der Waals surface area contributed by atoms with Gasteiger partial charge in [-0.2, -0.15) is 0 Å². The van der Waals surface area contributed by atoms with Gasteiger partial charge in [0.2, 0.25) is 0 Å². The van der Waals surface area contributed by atoms with Crippen LogP contribution < -0.4 is 0 Å². The van der Waals surface area contributed by atoms with Crippen LogP contribution in [0.5, 0.6) is 0 Å². The van der Waals surface area contributed by atoms with Crippen molar-refractivity contribution in [1.82, 2.24) is 4.98 Å². The molecule has 1 aliphatic heterocycles. The van der Waals surface area contributed by atoms with Crippen LogP contribution in [0.3, 0.4) is 0 Å². The number of hydrogen-bond acceptors (Lipinski definition) is 3. The highest BCUT2D eigenvalue weighted by atomic mass is 32.2. The number of aromatic nitrogens is 1. The average Bonchev–Trinajstić information content (AvgIpc) is 2.69. The number of aryl methyl sites for hydroxylation is 3. The Morgan fingerprint density at radius 3 is 2.88 bits per heavy atom. The van der Waals surface area contributed by atoms with Crippen molar-refractivity contribution in [3.63, 3.8) is 0 Å². The molecule has 1 aromatic carbocycles. The minimum absolute atomic E-state index is 1.16. The van der Waals surface area contributed by atoms with E-state index < -0.39 is 0 Å². The van der Waals surface area contributed by atoms with E-state index in [0.717, 1.165) is 5.69 Å². The molecule has 1 aliphatic rings. The van der Waals surface area contributed by atoms with E-state index in [0.29, 0.717) is 0 Å². The summed E-state index contributed by atoms with van der Waals surface area (Å²) < 4.78 is 0. The lowest BCUT2D eigenvalue weighted by Gasteiger charge is -2.15. The van der Waals surface area contributed by atoms with Gasteiger partial charge in [-0.25, -0.2) is 4.98 Å². The third kappa shape index (κ3) is 2.14. The van der Waals surface area contributed by atoms with Gasteiger partial charge in [0.25, 0.3) is 0 Å². The highest BCUT2D eigenvalue weighted by molar-refractivity contribution is 7.99. The van der Waals surface area contributed by atoms with Crippen LogP contribution in [0.4, 0.5) is 0 Å². The zero-order valence-corrected chi connectivity index (χ0v) is 11.8. The molecular weight excluding hydrogens is 246 g/mol. The van der Waals surface area contributed by atoms with Gasteiger partial charge in [-0.1, -0.05) is 6.07 Å². The number of thioether (sulfide) groups is 1. The normalized spacial score (nSPS) is 14.7. The Hall–Kier alpha value is -0.800. The van der Waals surface area contributed by atoms with E-state index in [1.807, 2.05) is 11.8 Å². The summed E-state index contributed by atoms with van der Waals surface area (Å²) in [6.45, 7) is 4.23. The first-order valence-electron chi connectivity index (χ1n) is 5.94. The van der Waals surface area contributed by atoms with Gasteiger partial charge in [-0.15, -0.1) is 23.1 Å². The molecule has 0 radical (unpaired) electrons. The lowest BCUT2D eigenvalue weighted by molar-refractivity contribution is 0.890. The molecule has 17 heavy (non-hydrogen) atoms. The summed E-state index contributed by atoms with van der Waals surface area (Å²) in [7, 11) is 0. The van der Waals surface area contributed by atoms with E-state index >= 15 is 0 Å². The molecular formula is C14H15NS2. The Bertz CT molecular complexity index is 538. The molecule has 2 aromatic rings. The molecule has 2 heterocycles. The Morgan fingerprint density at radius 2 is 2.12 bits per heavy atom. The van der Waals surface area contributed by atoms with Crippen molar-refractivity contribution in [3.05, 3.63) is 34.3 Å². The lowest BCUT2D eigenvalue weighted by atomic mass is 10.1. The van der Waals surface area contributed by atoms with Crippen LogP contribution in [0.25, 0.3) is 10.6 Å². The predicted octanol–water partition coefficient (Wildman–Crippen LogP) is 4.47. The summed E-state index contributed by atoms with van der Waals surface area (Å²) in [6.07, 6.45) is 2.52. The van der Waals surface area contributed by atoms with Gasteiger partial charge in [-0.3, -0.25) is 0 Å². The van der Waals surface area contributed by atoms with Crippen molar-refractivity contribution >= 4 is 23.1 Å². The van der Waals surface area contributed by atoms with Crippen molar-refractivity contribution in [1.29, 1.82) is 0 Å². The quantitative estimate of drug-likeness (QED) is 0.751. The summed E-state index contributed by atoms with van der Waals surface area (Å²) in [5.74, 6) is 1.27. The molecule has 0 fully saturated rings. The standard InChI is InChI=1S/C14H15NS2/c1-9-10(2)17-14(15-9)12-5-6-13-11(8-12)4-3-7-16-13/h5-6,8H,3-4,7H2,1-2H3. The Morgan fingerprint density at radius 1 is 1.24 bits per heavy atom. The molecule has 0 atom stereocenters. The van der Waals surface area contributed by atoms with Gasteiger partial charge < -0.3 is 0 Å². The van der Waals surface area contributed by atoms with E-state index in [4.69, 9.17) is 0 Å². The van der Waals surface area contributed by atoms with Crippen molar-refractivity contribution in [2.75, 3.05) is 5.75 Å². The predicted molar refractivity (Wildman–Crippen MR) is 76.1 cm³/mol. The fraction of sp³-hybridized carbons (Fsp3) is 0.357. The van der Waals surface area contributed by atoms with Gasteiger partial charge in [0.1, 0.15) is 5.01 Å². The number of benzene rings is 1. The monoisotopic (exact) mass is 261 g/mol. The zero-order valence-electron chi connectivity index (χ0n) is 10.1. The van der Waals surface area contributed by atoms with E-state index in [1.54, 1.807) is 11.3 Å². The molecule has 0 spiro atoms. The minimum atomic E-state index is 1.16. The van der Waals surface area contributed by atoms with E-state index in [1.165, 1.54) is 44.5 Å². The highest BCUT2D eigenvalue weighted by Gasteiger charge is 2.12. The molecule has 0 bridgehead atoms. The van der Waals surface area contributed by atoms with Crippen LogP contribution in [0.15, 0.2) is 23.1 Å². The topological polar surface area (TPSA) is 12.9 Å².